The summed E-state index contributed by atoms with van der Waals surface area (Å²) in [5, 5.41) is 0.745. The number of ether oxygens (including phenoxy) is 1. The normalized spacial score (nSPS) is 10.3. The van der Waals surface area contributed by atoms with Gasteiger partial charge in [0, 0.05) is 10.9 Å². The zero-order valence-corrected chi connectivity index (χ0v) is 10.9. The summed E-state index contributed by atoms with van der Waals surface area (Å²) in [6, 6.07) is 13.3. The van der Waals surface area contributed by atoms with Crippen molar-refractivity contribution in [1.29, 1.82) is 0 Å². The van der Waals surface area contributed by atoms with Crippen LogP contribution in [0.15, 0.2) is 42.5 Å². The fraction of sp³-hybridized carbons (Fsp3) is 0.143. The number of benzene rings is 2. The van der Waals surface area contributed by atoms with Gasteiger partial charge in [0.1, 0.15) is 11.5 Å². The van der Waals surface area contributed by atoms with E-state index in [1.165, 1.54) is 0 Å². The Morgan fingerprint density at radius 3 is 2.24 bits per heavy atom. The number of alkyl halides is 1. The predicted molar refractivity (Wildman–Crippen MR) is 72.3 cm³/mol. The van der Waals surface area contributed by atoms with Crippen LogP contribution in [0.2, 0.25) is 5.02 Å². The number of aryl methyl sites for hydroxylation is 1. The molecule has 0 spiro atoms. The second kappa shape index (κ2) is 5.44. The van der Waals surface area contributed by atoms with Gasteiger partial charge in [0.15, 0.2) is 0 Å². The Balaban J connectivity index is 2.16. The average Bonchev–Trinajstić information content (AvgIpc) is 2.35. The monoisotopic (exact) mass is 266 g/mol. The third kappa shape index (κ3) is 3.15. The Morgan fingerprint density at radius 2 is 1.65 bits per heavy atom. The molecule has 0 saturated heterocycles. The zero-order chi connectivity index (χ0) is 12.3. The van der Waals surface area contributed by atoms with Crippen LogP contribution in [0, 0.1) is 6.92 Å². The lowest BCUT2D eigenvalue weighted by Crippen LogP contribution is -1.86. The summed E-state index contributed by atoms with van der Waals surface area (Å²) in [4.78, 5) is 0. The van der Waals surface area contributed by atoms with Gasteiger partial charge in [0.05, 0.1) is 0 Å². The maximum atomic E-state index is 5.95. The molecule has 0 heterocycles. The molecule has 0 aliphatic rings. The predicted octanol–water partition coefficient (Wildman–Crippen LogP) is 5.18. The number of hydrogen-bond acceptors (Lipinski definition) is 1. The Labute approximate surface area is 111 Å². The third-order valence-electron chi connectivity index (χ3n) is 2.44. The molecule has 3 heteroatoms. The minimum absolute atomic E-state index is 0.514. The van der Waals surface area contributed by atoms with E-state index in [0.717, 1.165) is 27.6 Å². The molecule has 0 aliphatic heterocycles. The molecule has 88 valence electrons. The summed E-state index contributed by atoms with van der Waals surface area (Å²) in [5.74, 6) is 2.09. The number of halogens is 2. The summed E-state index contributed by atoms with van der Waals surface area (Å²) >= 11 is 11.7. The molecule has 0 saturated carbocycles. The molecule has 17 heavy (non-hydrogen) atoms. The van der Waals surface area contributed by atoms with E-state index in [9.17, 15) is 0 Å². The molecule has 0 fully saturated rings. The van der Waals surface area contributed by atoms with Crippen LogP contribution < -0.4 is 4.74 Å². The molecule has 0 unspecified atom stereocenters. The molecule has 2 aromatic carbocycles. The van der Waals surface area contributed by atoms with Gasteiger partial charge in [-0.1, -0.05) is 23.7 Å². The van der Waals surface area contributed by atoms with Gasteiger partial charge >= 0.3 is 0 Å². The van der Waals surface area contributed by atoms with Crippen LogP contribution in [-0.4, -0.2) is 0 Å². The van der Waals surface area contributed by atoms with Gasteiger partial charge in [-0.05, 0) is 48.4 Å². The van der Waals surface area contributed by atoms with Crippen molar-refractivity contribution < 1.29 is 4.74 Å². The van der Waals surface area contributed by atoms with E-state index in [2.05, 4.69) is 0 Å². The first-order valence-electron chi connectivity index (χ1n) is 5.28. The smallest absolute Gasteiger partial charge is 0.127 e. The third-order valence-corrected chi connectivity index (χ3v) is 3.18. The van der Waals surface area contributed by atoms with E-state index in [1.807, 2.05) is 49.4 Å². The van der Waals surface area contributed by atoms with Crippen molar-refractivity contribution >= 4 is 23.2 Å². The molecule has 0 atom stereocenters. The van der Waals surface area contributed by atoms with Crippen molar-refractivity contribution in [2.45, 2.75) is 12.8 Å². The van der Waals surface area contributed by atoms with Crippen LogP contribution in [0.25, 0.3) is 0 Å². The second-order valence-corrected chi connectivity index (χ2v) is 4.47. The first-order chi connectivity index (χ1) is 8.19. The summed E-state index contributed by atoms with van der Waals surface area (Å²) in [7, 11) is 0. The van der Waals surface area contributed by atoms with Crippen LogP contribution in [0.1, 0.15) is 11.1 Å². The number of hydrogen-bond donors (Lipinski definition) is 0. The van der Waals surface area contributed by atoms with Crippen molar-refractivity contribution in [2.24, 2.45) is 0 Å². The van der Waals surface area contributed by atoms with E-state index in [0.29, 0.717) is 5.88 Å². The average molecular weight is 267 g/mol. The molecule has 0 aromatic heterocycles. The van der Waals surface area contributed by atoms with Gasteiger partial charge < -0.3 is 4.74 Å². The van der Waals surface area contributed by atoms with E-state index in [4.69, 9.17) is 27.9 Å². The molecule has 1 nitrogen and oxygen atoms in total. The van der Waals surface area contributed by atoms with Crippen LogP contribution >= 0.6 is 23.2 Å². The first kappa shape index (κ1) is 12.3. The van der Waals surface area contributed by atoms with E-state index >= 15 is 0 Å². The van der Waals surface area contributed by atoms with Gasteiger partial charge in [-0.2, -0.15) is 0 Å². The van der Waals surface area contributed by atoms with Gasteiger partial charge in [0.25, 0.3) is 0 Å². The molecular weight excluding hydrogens is 255 g/mol. The highest BCUT2D eigenvalue weighted by Crippen LogP contribution is 2.26. The Kier molecular flexibility index (Phi) is 3.93. The van der Waals surface area contributed by atoms with Gasteiger partial charge in [-0.25, -0.2) is 0 Å². The topological polar surface area (TPSA) is 9.23 Å². The SMILES string of the molecule is Cc1cc(Oc2ccc(CCl)cc2)ccc1Cl. The fourth-order valence-corrected chi connectivity index (χ4v) is 1.76. The molecule has 0 N–H and O–H groups in total. The molecule has 0 aliphatic carbocycles. The Hall–Kier alpha value is -1.18. The van der Waals surface area contributed by atoms with E-state index in [-0.39, 0.29) is 0 Å². The summed E-state index contributed by atoms with van der Waals surface area (Å²) in [6.07, 6.45) is 0. The van der Waals surface area contributed by atoms with Crippen LogP contribution in [0.4, 0.5) is 0 Å². The minimum atomic E-state index is 0.514. The lowest BCUT2D eigenvalue weighted by molar-refractivity contribution is 0.482. The van der Waals surface area contributed by atoms with Crippen molar-refractivity contribution in [1.82, 2.24) is 0 Å². The highest BCUT2D eigenvalue weighted by atomic mass is 35.5. The number of rotatable bonds is 3. The summed E-state index contributed by atoms with van der Waals surface area (Å²) < 4.78 is 5.71. The van der Waals surface area contributed by atoms with E-state index in [1.54, 1.807) is 0 Å². The lowest BCUT2D eigenvalue weighted by Gasteiger charge is -2.07. The van der Waals surface area contributed by atoms with Crippen LogP contribution in [-0.2, 0) is 5.88 Å². The molecule has 0 amide bonds. The standard InChI is InChI=1S/C14H12Cl2O/c1-10-8-13(6-7-14(10)16)17-12-4-2-11(9-15)3-5-12/h2-8H,9H2,1H3. The highest BCUT2D eigenvalue weighted by Gasteiger charge is 2.00. The van der Waals surface area contributed by atoms with Crippen molar-refractivity contribution in [3.8, 4) is 11.5 Å². The quantitative estimate of drug-likeness (QED) is 0.696. The second-order valence-electron chi connectivity index (χ2n) is 3.79. The minimum Gasteiger partial charge on any atom is -0.457 e. The van der Waals surface area contributed by atoms with Crippen molar-refractivity contribution in [2.75, 3.05) is 0 Å². The van der Waals surface area contributed by atoms with Crippen LogP contribution in [0.5, 0.6) is 11.5 Å². The Bertz CT molecular complexity index is 506. The van der Waals surface area contributed by atoms with E-state index < -0.39 is 0 Å². The molecule has 0 radical (unpaired) electrons. The molecule has 2 aromatic rings. The van der Waals surface area contributed by atoms with Gasteiger partial charge in [-0.15, -0.1) is 11.6 Å². The molecule has 2 rings (SSSR count). The van der Waals surface area contributed by atoms with Gasteiger partial charge in [-0.3, -0.25) is 0 Å². The Morgan fingerprint density at radius 1 is 1.00 bits per heavy atom. The largest absolute Gasteiger partial charge is 0.457 e. The maximum absolute atomic E-state index is 5.95. The summed E-state index contributed by atoms with van der Waals surface area (Å²) in [6.45, 7) is 1.95. The van der Waals surface area contributed by atoms with Crippen LogP contribution in [0.3, 0.4) is 0 Å². The highest BCUT2D eigenvalue weighted by molar-refractivity contribution is 6.31. The maximum Gasteiger partial charge on any atom is 0.127 e. The van der Waals surface area contributed by atoms with Crippen molar-refractivity contribution in [3.05, 3.63) is 58.6 Å². The summed E-state index contributed by atoms with van der Waals surface area (Å²) in [5.41, 5.74) is 2.08. The lowest BCUT2D eigenvalue weighted by atomic mass is 10.2. The molecule has 0 bridgehead atoms. The fourth-order valence-electron chi connectivity index (χ4n) is 1.46. The van der Waals surface area contributed by atoms with Crippen molar-refractivity contribution in [3.63, 3.8) is 0 Å². The zero-order valence-electron chi connectivity index (χ0n) is 9.41. The van der Waals surface area contributed by atoms with Gasteiger partial charge in [0.2, 0.25) is 0 Å². The first-order valence-corrected chi connectivity index (χ1v) is 6.19. The molecular formula is C14H12Cl2O.